The molecule has 20 heavy (non-hydrogen) atoms. The van der Waals surface area contributed by atoms with Gasteiger partial charge in [-0.2, -0.15) is 0 Å². The molecular formula is C16H23Cl2OTi-. The van der Waals surface area contributed by atoms with Crippen LogP contribution in [0.3, 0.4) is 0 Å². The molecule has 1 N–H and O–H groups in total. The second-order valence-electron chi connectivity index (χ2n) is 5.32. The Labute approximate surface area is 150 Å². The molecule has 2 rings (SSSR count). The molecule has 0 spiro atoms. The van der Waals surface area contributed by atoms with Crippen LogP contribution in [0.1, 0.15) is 32.8 Å². The first kappa shape index (κ1) is 24.9. The number of hydrogen-bond acceptors (Lipinski definition) is 1. The molecule has 1 nitrogen and oxygen atoms in total. The first-order valence-electron chi connectivity index (χ1n) is 5.96. The van der Waals surface area contributed by atoms with Crippen LogP contribution in [0.5, 0.6) is 0 Å². The third-order valence-corrected chi connectivity index (χ3v) is 2.30. The second-order valence-corrected chi connectivity index (χ2v) is 5.32. The molecule has 0 aromatic heterocycles. The summed E-state index contributed by atoms with van der Waals surface area (Å²) in [5.74, 6) is 0. The van der Waals surface area contributed by atoms with Crippen LogP contribution in [-0.4, -0.2) is 11.7 Å². The zero-order valence-corrected chi connectivity index (χ0v) is 15.4. The number of allylic oxidation sites excluding steroid dienone is 4. The summed E-state index contributed by atoms with van der Waals surface area (Å²) in [6.07, 6.45) is 7.46. The van der Waals surface area contributed by atoms with Crippen molar-refractivity contribution in [2.24, 2.45) is 5.41 Å². The summed E-state index contributed by atoms with van der Waals surface area (Å²) in [5.41, 5.74) is 2.68. The van der Waals surface area contributed by atoms with Crippen molar-refractivity contribution >= 4 is 30.4 Å². The molecule has 0 saturated carbocycles. The molecule has 4 heteroatoms. The van der Waals surface area contributed by atoms with Gasteiger partial charge in [0.1, 0.15) is 0 Å². The standard InChI is InChI=1S/C11H9.C5H12O.2ClH.Ti/c1-2-6-10(7-3-1)11-8-4-5-9-11;1-5(2,3)4-6;;;/h1-6,8H,9H2;6H,4H2,1-3H3;2*1H;/q-1;;;;. The Morgan fingerprint density at radius 1 is 1.20 bits per heavy atom. The van der Waals surface area contributed by atoms with E-state index in [2.05, 4.69) is 30.4 Å². The Kier molecular flexibility index (Phi) is 15.8. The second kappa shape index (κ2) is 12.7. The van der Waals surface area contributed by atoms with E-state index in [0.29, 0.717) is 0 Å². The molecule has 0 saturated heterocycles. The van der Waals surface area contributed by atoms with Crippen molar-refractivity contribution in [3.05, 3.63) is 54.1 Å². The zero-order chi connectivity index (χ0) is 12.7. The van der Waals surface area contributed by atoms with Crippen LogP contribution < -0.4 is 0 Å². The summed E-state index contributed by atoms with van der Waals surface area (Å²) >= 11 is 0. The fourth-order valence-electron chi connectivity index (χ4n) is 1.24. The summed E-state index contributed by atoms with van der Waals surface area (Å²) < 4.78 is 0. The van der Waals surface area contributed by atoms with Crippen molar-refractivity contribution in [2.45, 2.75) is 27.2 Å². The number of halogens is 2. The normalized spacial score (nSPS) is 11.9. The van der Waals surface area contributed by atoms with E-state index in [1.807, 2.05) is 39.0 Å². The third-order valence-electron chi connectivity index (χ3n) is 2.30. The van der Waals surface area contributed by atoms with Gasteiger partial charge in [-0.15, -0.1) is 72.4 Å². The minimum atomic E-state index is 0. The van der Waals surface area contributed by atoms with Gasteiger partial charge in [-0.25, -0.2) is 0 Å². The number of aliphatic hydroxyl groups excluding tert-OH is 1. The number of aliphatic hydroxyl groups is 1. The van der Waals surface area contributed by atoms with Crippen molar-refractivity contribution < 1.29 is 26.8 Å². The molecule has 0 amide bonds. The Morgan fingerprint density at radius 3 is 2.15 bits per heavy atom. The smallest absolute Gasteiger partial charge is 0.0479 e. The molecular weight excluding hydrogens is 327 g/mol. The van der Waals surface area contributed by atoms with Gasteiger partial charge < -0.3 is 5.11 Å². The molecule has 1 aromatic rings. The maximum absolute atomic E-state index is 8.40. The predicted octanol–water partition coefficient (Wildman–Crippen LogP) is 4.70. The summed E-state index contributed by atoms with van der Waals surface area (Å²) in [6, 6.07) is 11.3. The van der Waals surface area contributed by atoms with Crippen molar-refractivity contribution in [3.63, 3.8) is 0 Å². The van der Waals surface area contributed by atoms with Crippen LogP contribution >= 0.6 is 24.8 Å². The van der Waals surface area contributed by atoms with Crippen LogP contribution in [0.15, 0.2) is 42.5 Å². The Balaban J connectivity index is -0.000000287. The molecule has 0 bridgehead atoms. The molecule has 0 unspecified atom stereocenters. The summed E-state index contributed by atoms with van der Waals surface area (Å²) in [6.45, 7) is 6.25. The number of hydrogen-bond donors (Lipinski definition) is 1. The van der Waals surface area contributed by atoms with Crippen LogP contribution in [-0.2, 0) is 21.7 Å². The van der Waals surface area contributed by atoms with Crippen molar-refractivity contribution in [2.75, 3.05) is 6.61 Å². The third kappa shape index (κ3) is 10.7. The van der Waals surface area contributed by atoms with E-state index in [9.17, 15) is 0 Å². The summed E-state index contributed by atoms with van der Waals surface area (Å²) in [5, 5.41) is 8.40. The van der Waals surface area contributed by atoms with E-state index in [1.54, 1.807) is 0 Å². The Hall–Kier alpha value is -0.0457. The molecule has 112 valence electrons. The number of rotatable bonds is 1. The minimum Gasteiger partial charge on any atom is -0.396 e. The van der Waals surface area contributed by atoms with Gasteiger partial charge in [-0.05, 0) is 11.8 Å². The minimum absolute atomic E-state index is 0. The van der Waals surface area contributed by atoms with Crippen molar-refractivity contribution in [1.82, 2.24) is 0 Å². The van der Waals surface area contributed by atoms with E-state index >= 15 is 0 Å². The van der Waals surface area contributed by atoms with Gasteiger partial charge >= 0.3 is 0 Å². The van der Waals surface area contributed by atoms with E-state index in [4.69, 9.17) is 5.11 Å². The van der Waals surface area contributed by atoms with Gasteiger partial charge in [0, 0.05) is 28.3 Å². The average Bonchev–Trinajstić information content (AvgIpc) is 2.84. The van der Waals surface area contributed by atoms with E-state index < -0.39 is 0 Å². The van der Waals surface area contributed by atoms with E-state index in [1.165, 1.54) is 11.1 Å². The summed E-state index contributed by atoms with van der Waals surface area (Å²) in [7, 11) is 0. The molecule has 0 heterocycles. The molecule has 0 fully saturated rings. The Morgan fingerprint density at radius 2 is 1.80 bits per heavy atom. The van der Waals surface area contributed by atoms with Crippen LogP contribution in [0, 0.1) is 11.5 Å². The molecule has 0 radical (unpaired) electrons. The van der Waals surface area contributed by atoms with Gasteiger partial charge in [0.25, 0.3) is 0 Å². The fourth-order valence-corrected chi connectivity index (χ4v) is 1.24. The predicted molar refractivity (Wildman–Crippen MR) is 88.0 cm³/mol. The molecule has 1 aliphatic carbocycles. The van der Waals surface area contributed by atoms with Crippen molar-refractivity contribution in [1.29, 1.82) is 0 Å². The van der Waals surface area contributed by atoms with Gasteiger partial charge in [-0.3, -0.25) is 0 Å². The molecule has 1 aliphatic rings. The van der Waals surface area contributed by atoms with Crippen LogP contribution in [0.2, 0.25) is 0 Å². The molecule has 1 aromatic carbocycles. The van der Waals surface area contributed by atoms with Gasteiger partial charge in [0.15, 0.2) is 0 Å². The van der Waals surface area contributed by atoms with E-state index in [-0.39, 0.29) is 58.6 Å². The van der Waals surface area contributed by atoms with Gasteiger partial charge in [-0.1, -0.05) is 32.9 Å². The monoisotopic (exact) mass is 349 g/mol. The van der Waals surface area contributed by atoms with Crippen molar-refractivity contribution in [3.8, 4) is 0 Å². The number of benzene rings is 1. The summed E-state index contributed by atoms with van der Waals surface area (Å²) in [4.78, 5) is 0. The maximum Gasteiger partial charge on any atom is 0.0479 e. The van der Waals surface area contributed by atoms with Crippen LogP contribution in [0.25, 0.3) is 5.57 Å². The van der Waals surface area contributed by atoms with E-state index in [0.717, 1.165) is 6.42 Å². The zero-order valence-electron chi connectivity index (χ0n) is 12.2. The van der Waals surface area contributed by atoms with Gasteiger partial charge in [0.2, 0.25) is 0 Å². The molecule has 0 atom stereocenters. The first-order valence-corrected chi connectivity index (χ1v) is 5.96. The fraction of sp³-hybridized carbons (Fsp3) is 0.375. The van der Waals surface area contributed by atoms with Crippen LogP contribution in [0.4, 0.5) is 0 Å². The SMILES string of the molecule is CC(C)(C)CO.Cl.Cl.[Ti].[c-]1ccccc1C1=CC=CC1. The topological polar surface area (TPSA) is 20.2 Å². The average molecular weight is 350 g/mol. The molecule has 0 aliphatic heterocycles. The quantitative estimate of drug-likeness (QED) is 0.575. The maximum atomic E-state index is 8.40. The first-order chi connectivity index (χ1) is 8.03. The van der Waals surface area contributed by atoms with Gasteiger partial charge in [0.05, 0.1) is 0 Å². The largest absolute Gasteiger partial charge is 0.396 e. The Bertz CT molecular complexity index is 395.